The van der Waals surface area contributed by atoms with Gasteiger partial charge in [0.2, 0.25) is 0 Å². The quantitative estimate of drug-likeness (QED) is 0.511. The highest BCUT2D eigenvalue weighted by molar-refractivity contribution is 4.73. The van der Waals surface area contributed by atoms with E-state index in [0.717, 1.165) is 6.54 Å². The number of likely N-dealkylation sites (N-methyl/N-ethyl adjacent to an activating group) is 2. The zero-order chi connectivity index (χ0) is 11.2. The molecule has 0 aromatic carbocycles. The van der Waals surface area contributed by atoms with Crippen LogP contribution in [0.1, 0.15) is 6.92 Å². The monoisotopic (exact) mass is 216 g/mol. The van der Waals surface area contributed by atoms with Crippen molar-refractivity contribution in [1.82, 2.24) is 10.2 Å². The molecule has 0 saturated heterocycles. The van der Waals surface area contributed by atoms with Crippen LogP contribution in [0.2, 0.25) is 0 Å². The molecule has 0 atom stereocenters. The fourth-order valence-corrected chi connectivity index (χ4v) is 0.955. The molecule has 0 aliphatic heterocycles. The molecule has 0 rings (SSSR count). The Morgan fingerprint density at radius 3 is 2.36 bits per heavy atom. The van der Waals surface area contributed by atoms with Crippen molar-refractivity contribution in [1.29, 1.82) is 0 Å². The van der Waals surface area contributed by atoms with Crippen molar-refractivity contribution in [2.24, 2.45) is 0 Å². The molecule has 1 N–H and O–H groups in total. The largest absolute Gasteiger partial charge is 0.319 e. The van der Waals surface area contributed by atoms with Gasteiger partial charge in [0.1, 0.15) is 0 Å². The molecule has 0 radical (unpaired) electrons. The third-order valence-corrected chi connectivity index (χ3v) is 1.72. The van der Waals surface area contributed by atoms with E-state index in [1.807, 2.05) is 6.92 Å². The Morgan fingerprint density at radius 1 is 1.36 bits per heavy atom. The van der Waals surface area contributed by atoms with Gasteiger partial charge >= 0.3 is 12.3 Å². The molecule has 0 aromatic rings. The summed E-state index contributed by atoms with van der Waals surface area (Å²) in [6.07, 6.45) is -3.59. The van der Waals surface area contributed by atoms with Crippen LogP contribution in [0.4, 0.5) is 17.6 Å². The maximum atomic E-state index is 12.5. The van der Waals surface area contributed by atoms with E-state index < -0.39 is 18.9 Å². The smallest absolute Gasteiger partial charge is 0.316 e. The molecule has 0 aromatic heterocycles. The van der Waals surface area contributed by atoms with Crippen LogP contribution in [0.15, 0.2) is 0 Å². The summed E-state index contributed by atoms with van der Waals surface area (Å²) in [4.78, 5) is 1.19. The van der Waals surface area contributed by atoms with Gasteiger partial charge in [0.05, 0.1) is 6.54 Å². The van der Waals surface area contributed by atoms with Gasteiger partial charge in [0.15, 0.2) is 0 Å². The predicted octanol–water partition coefficient (Wildman–Crippen LogP) is 1.43. The van der Waals surface area contributed by atoms with Crippen molar-refractivity contribution < 1.29 is 17.6 Å². The summed E-state index contributed by atoms with van der Waals surface area (Å²) in [6.45, 7) is 2.56. The number of nitrogens with one attached hydrogen (secondary N) is 1. The van der Waals surface area contributed by atoms with E-state index in [4.69, 9.17) is 0 Å². The summed E-state index contributed by atoms with van der Waals surface area (Å²) < 4.78 is 48.5. The van der Waals surface area contributed by atoms with E-state index >= 15 is 0 Å². The van der Waals surface area contributed by atoms with E-state index in [2.05, 4.69) is 5.32 Å². The number of nitrogens with zero attached hydrogens (tertiary/aromatic N) is 1. The van der Waals surface area contributed by atoms with Crippen molar-refractivity contribution in [2.75, 3.05) is 33.2 Å². The van der Waals surface area contributed by atoms with Crippen molar-refractivity contribution >= 4 is 0 Å². The van der Waals surface area contributed by atoms with Gasteiger partial charge in [-0.25, -0.2) is 8.78 Å². The molecule has 0 saturated carbocycles. The highest BCUT2D eigenvalue weighted by Crippen LogP contribution is 2.23. The molecule has 0 spiro atoms. The Labute approximate surface area is 81.3 Å². The van der Waals surface area contributed by atoms with Crippen LogP contribution in [-0.4, -0.2) is 50.5 Å². The summed E-state index contributed by atoms with van der Waals surface area (Å²) in [5, 5.41) is 2.92. The first-order chi connectivity index (χ1) is 6.40. The minimum absolute atomic E-state index is 0.330. The Kier molecular flexibility index (Phi) is 6.03. The third kappa shape index (κ3) is 5.39. The second kappa shape index (κ2) is 6.19. The topological polar surface area (TPSA) is 15.3 Å². The SMILES string of the molecule is CCNCCN(C)CC(F)(F)C(F)F. The molecule has 0 aliphatic carbocycles. The molecule has 0 aliphatic rings. The first kappa shape index (κ1) is 13.6. The van der Waals surface area contributed by atoms with Gasteiger partial charge < -0.3 is 5.32 Å². The fourth-order valence-electron chi connectivity index (χ4n) is 0.955. The summed E-state index contributed by atoms with van der Waals surface area (Å²) in [7, 11) is 1.40. The molecule has 0 unspecified atom stereocenters. The van der Waals surface area contributed by atoms with Gasteiger partial charge in [0.25, 0.3) is 0 Å². The van der Waals surface area contributed by atoms with Crippen molar-refractivity contribution in [2.45, 2.75) is 19.3 Å². The zero-order valence-electron chi connectivity index (χ0n) is 8.36. The number of hydrogen-bond donors (Lipinski definition) is 1. The molecule has 0 fully saturated rings. The average Bonchev–Trinajstić information content (AvgIpc) is 2.03. The van der Waals surface area contributed by atoms with Crippen molar-refractivity contribution in [3.05, 3.63) is 0 Å². The highest BCUT2D eigenvalue weighted by Gasteiger charge is 2.41. The van der Waals surface area contributed by atoms with Crippen LogP contribution in [0.5, 0.6) is 0 Å². The van der Waals surface area contributed by atoms with Crippen LogP contribution in [0.3, 0.4) is 0 Å². The van der Waals surface area contributed by atoms with Crippen molar-refractivity contribution in [3.8, 4) is 0 Å². The Bertz CT molecular complexity index is 152. The number of hydrogen-bond acceptors (Lipinski definition) is 2. The first-order valence-electron chi connectivity index (χ1n) is 4.45. The summed E-state index contributed by atoms with van der Waals surface area (Å²) in [6, 6.07) is 0. The van der Waals surface area contributed by atoms with Crippen LogP contribution < -0.4 is 5.32 Å². The maximum Gasteiger partial charge on any atom is 0.319 e. The molecule has 0 amide bonds. The number of alkyl halides is 4. The molecule has 2 nitrogen and oxygen atoms in total. The lowest BCUT2D eigenvalue weighted by molar-refractivity contribution is -0.139. The molecular weight excluding hydrogens is 200 g/mol. The normalized spacial score (nSPS) is 12.9. The van der Waals surface area contributed by atoms with Gasteiger partial charge in [-0.2, -0.15) is 8.78 Å². The molecule has 0 heterocycles. The van der Waals surface area contributed by atoms with Crippen LogP contribution >= 0.6 is 0 Å². The summed E-state index contributed by atoms with van der Waals surface area (Å²) in [5.74, 6) is -3.92. The number of rotatable bonds is 7. The minimum Gasteiger partial charge on any atom is -0.316 e. The van der Waals surface area contributed by atoms with E-state index in [-0.39, 0.29) is 0 Å². The van der Waals surface area contributed by atoms with E-state index in [0.29, 0.717) is 13.1 Å². The zero-order valence-corrected chi connectivity index (χ0v) is 8.36. The van der Waals surface area contributed by atoms with Gasteiger partial charge in [0, 0.05) is 13.1 Å². The van der Waals surface area contributed by atoms with Gasteiger partial charge in [-0.1, -0.05) is 6.92 Å². The van der Waals surface area contributed by atoms with Crippen LogP contribution in [-0.2, 0) is 0 Å². The molecular formula is C8H16F4N2. The maximum absolute atomic E-state index is 12.5. The number of halogens is 4. The Morgan fingerprint density at radius 2 is 1.93 bits per heavy atom. The average molecular weight is 216 g/mol. The molecule has 86 valence electrons. The van der Waals surface area contributed by atoms with Gasteiger partial charge in [-0.3, -0.25) is 4.90 Å². The Balaban J connectivity index is 3.75. The summed E-state index contributed by atoms with van der Waals surface area (Å²) >= 11 is 0. The molecule has 6 heteroatoms. The molecule has 0 bridgehead atoms. The lowest BCUT2D eigenvalue weighted by Gasteiger charge is -2.23. The van der Waals surface area contributed by atoms with E-state index in [9.17, 15) is 17.6 Å². The highest BCUT2D eigenvalue weighted by atomic mass is 19.3. The first-order valence-corrected chi connectivity index (χ1v) is 4.45. The Hall–Kier alpha value is -0.360. The van der Waals surface area contributed by atoms with Crippen LogP contribution in [0, 0.1) is 0 Å². The van der Waals surface area contributed by atoms with Crippen molar-refractivity contribution in [3.63, 3.8) is 0 Å². The second-order valence-corrected chi connectivity index (χ2v) is 3.15. The second-order valence-electron chi connectivity index (χ2n) is 3.15. The predicted molar refractivity (Wildman–Crippen MR) is 47.0 cm³/mol. The fraction of sp³-hybridized carbons (Fsp3) is 1.00. The van der Waals surface area contributed by atoms with Gasteiger partial charge in [-0.15, -0.1) is 0 Å². The van der Waals surface area contributed by atoms with E-state index in [1.165, 1.54) is 11.9 Å². The minimum atomic E-state index is -3.92. The lowest BCUT2D eigenvalue weighted by atomic mass is 10.3. The third-order valence-electron chi connectivity index (χ3n) is 1.72. The standard InChI is InChI=1S/C8H16F4N2/c1-3-13-4-5-14(2)6-8(11,12)7(9)10/h7,13H,3-6H2,1-2H3. The van der Waals surface area contributed by atoms with Gasteiger partial charge in [-0.05, 0) is 13.6 Å². The lowest BCUT2D eigenvalue weighted by Crippen LogP contribution is -2.42. The van der Waals surface area contributed by atoms with Crippen LogP contribution in [0.25, 0.3) is 0 Å². The summed E-state index contributed by atoms with van der Waals surface area (Å²) in [5.41, 5.74) is 0. The van der Waals surface area contributed by atoms with E-state index in [1.54, 1.807) is 0 Å². The molecule has 14 heavy (non-hydrogen) atoms.